The molecule has 0 aromatic rings. The second-order valence-corrected chi connectivity index (χ2v) is 16.2. The highest BCUT2D eigenvalue weighted by Gasteiger charge is 2.51. The Morgan fingerprint density at radius 2 is 1.04 bits per heavy atom. The Balaban J connectivity index is 2.39. The largest absolute Gasteiger partial charge is 0.472 e. The van der Waals surface area contributed by atoms with Crippen LogP contribution in [0.15, 0.2) is 60.8 Å². The number of carbonyl (C=O) groups is 1. The molecule has 0 aromatic carbocycles. The van der Waals surface area contributed by atoms with Gasteiger partial charge in [0.15, 0.2) is 0 Å². The van der Waals surface area contributed by atoms with Crippen LogP contribution in [0.2, 0.25) is 0 Å². The van der Waals surface area contributed by atoms with Crippen LogP contribution in [0, 0.1) is 0 Å². The predicted octanol–water partition coefficient (Wildman–Crippen LogP) is 8.25. The lowest BCUT2D eigenvalue weighted by molar-refractivity contribution is -0.220. The van der Waals surface area contributed by atoms with E-state index in [9.17, 15) is 39.8 Å². The minimum Gasteiger partial charge on any atom is -0.457 e. The van der Waals surface area contributed by atoms with E-state index >= 15 is 0 Å². The highest BCUT2D eigenvalue weighted by Crippen LogP contribution is 2.47. The molecule has 6 N–H and O–H groups in total. The Hall–Kier alpha value is -1.96. The highest BCUT2D eigenvalue weighted by atomic mass is 31.2. The molecule has 0 aromatic heterocycles. The lowest BCUT2D eigenvalue weighted by atomic mass is 9.85. The van der Waals surface area contributed by atoms with Crippen LogP contribution < -0.4 is 0 Å². The summed E-state index contributed by atoms with van der Waals surface area (Å²) >= 11 is 0. The van der Waals surface area contributed by atoms with E-state index in [-0.39, 0.29) is 13.0 Å². The Morgan fingerprint density at radius 3 is 1.60 bits per heavy atom. The van der Waals surface area contributed by atoms with Crippen molar-refractivity contribution in [2.45, 2.75) is 191 Å². The van der Waals surface area contributed by atoms with Crippen molar-refractivity contribution in [3.8, 4) is 0 Å². The second kappa shape index (κ2) is 34.9. The molecule has 6 unspecified atom stereocenters. The maximum atomic E-state index is 12.8. The molecule has 0 radical (unpaired) electrons. The van der Waals surface area contributed by atoms with Crippen molar-refractivity contribution >= 4 is 13.8 Å². The first-order valence-corrected chi connectivity index (χ1v) is 23.1. The first kappa shape index (κ1) is 53.1. The molecule has 0 spiro atoms. The van der Waals surface area contributed by atoms with Gasteiger partial charge in [-0.3, -0.25) is 13.8 Å². The van der Waals surface area contributed by atoms with Gasteiger partial charge in [-0.15, -0.1) is 0 Å². The van der Waals surface area contributed by atoms with Crippen molar-refractivity contribution in [3.05, 3.63) is 60.8 Å². The minimum atomic E-state index is -5.02. The zero-order valence-corrected chi connectivity index (χ0v) is 35.8. The zero-order valence-electron chi connectivity index (χ0n) is 34.9. The first-order valence-electron chi connectivity index (χ1n) is 21.6. The summed E-state index contributed by atoms with van der Waals surface area (Å²) in [5.41, 5.74) is 0. The molecule has 330 valence electrons. The fourth-order valence-corrected chi connectivity index (χ4v) is 7.14. The van der Waals surface area contributed by atoms with Crippen LogP contribution in [0.1, 0.15) is 149 Å². The Morgan fingerprint density at radius 1 is 0.579 bits per heavy atom. The Kier molecular flexibility index (Phi) is 32.4. The summed E-state index contributed by atoms with van der Waals surface area (Å²) in [4.78, 5) is 23.0. The van der Waals surface area contributed by atoms with Gasteiger partial charge in [0.05, 0.1) is 13.2 Å². The smallest absolute Gasteiger partial charge is 0.457 e. The maximum absolute atomic E-state index is 12.8. The summed E-state index contributed by atoms with van der Waals surface area (Å²) in [6.07, 6.45) is 30.2. The number of esters is 1. The molecular formula is C44H77O12P. The molecule has 0 bridgehead atoms. The average molecular weight is 829 g/mol. The van der Waals surface area contributed by atoms with Gasteiger partial charge >= 0.3 is 13.8 Å². The quantitative estimate of drug-likeness (QED) is 0.0155. The van der Waals surface area contributed by atoms with Gasteiger partial charge in [-0.1, -0.05) is 132 Å². The molecule has 13 heteroatoms. The first-order chi connectivity index (χ1) is 27.5. The number of aliphatic hydroxyl groups excluding tert-OH is 5. The second-order valence-electron chi connectivity index (χ2n) is 14.8. The number of aliphatic hydroxyl groups is 5. The van der Waals surface area contributed by atoms with Gasteiger partial charge in [-0.05, 0) is 70.6 Å². The molecule has 0 amide bonds. The third-order valence-corrected chi connectivity index (χ3v) is 10.6. The van der Waals surface area contributed by atoms with Crippen LogP contribution in [-0.2, 0) is 27.9 Å². The van der Waals surface area contributed by atoms with Crippen molar-refractivity contribution in [2.24, 2.45) is 0 Å². The topological polar surface area (TPSA) is 192 Å². The standard InChI is InChI=1S/C44H77O12P/c1-3-5-7-9-11-13-15-16-17-18-19-20-21-22-23-24-26-28-30-32-34-53-35-37(55-38(45)33-31-29-27-25-14-12-10-8-6-4-2)36-54-57(51,52)56-44-42(49)40(47)39(46)41(48)43(44)50/h5,7-8,10-11,13,16-17,19-20,37,39-44,46-50H,3-4,6,9,12,14-15,18,21-36H2,1-2H3,(H,51,52)/b7-5-,10-8-,13-11-,17-16-,20-19-. The fourth-order valence-electron chi connectivity index (χ4n) is 6.17. The van der Waals surface area contributed by atoms with E-state index < -0.39 is 63.1 Å². The van der Waals surface area contributed by atoms with Gasteiger partial charge in [-0.25, -0.2) is 4.57 Å². The van der Waals surface area contributed by atoms with Crippen LogP contribution in [0.5, 0.6) is 0 Å². The number of hydrogen-bond acceptors (Lipinski definition) is 11. The summed E-state index contributed by atoms with van der Waals surface area (Å²) in [7, 11) is -5.02. The van der Waals surface area contributed by atoms with Crippen molar-refractivity contribution in [2.75, 3.05) is 19.8 Å². The Labute approximate surface area is 343 Å². The van der Waals surface area contributed by atoms with Crippen molar-refractivity contribution in [3.63, 3.8) is 0 Å². The number of unbranched alkanes of at least 4 members (excludes halogenated alkanes) is 13. The molecule has 12 nitrogen and oxygen atoms in total. The summed E-state index contributed by atoms with van der Waals surface area (Å²) in [6.45, 7) is 4.02. The molecule has 6 atom stereocenters. The zero-order chi connectivity index (χ0) is 42.0. The van der Waals surface area contributed by atoms with Crippen LogP contribution in [0.4, 0.5) is 0 Å². The minimum absolute atomic E-state index is 0.0904. The van der Waals surface area contributed by atoms with Crippen molar-refractivity contribution in [1.29, 1.82) is 0 Å². The SMILES string of the molecule is CC/C=C\C/C=C\C/C=C\C/C=C\CCCCCCCCCOCC(COP(=O)(O)OC1C(O)C(O)C(O)C(O)C1O)OC(=O)CCCCCCC/C=C\CCC. The maximum Gasteiger partial charge on any atom is 0.472 e. The van der Waals surface area contributed by atoms with Gasteiger partial charge in [0.2, 0.25) is 0 Å². The molecule has 0 saturated heterocycles. The van der Waals surface area contributed by atoms with Crippen molar-refractivity contribution in [1.82, 2.24) is 0 Å². The van der Waals surface area contributed by atoms with Gasteiger partial charge in [0.1, 0.15) is 42.7 Å². The molecule has 0 aliphatic heterocycles. The summed E-state index contributed by atoms with van der Waals surface area (Å²) in [5, 5.41) is 50.0. The van der Waals surface area contributed by atoms with Gasteiger partial charge in [0, 0.05) is 13.0 Å². The van der Waals surface area contributed by atoms with E-state index in [0.29, 0.717) is 13.0 Å². The summed E-state index contributed by atoms with van der Waals surface area (Å²) in [5.74, 6) is -0.497. The molecular weight excluding hydrogens is 751 g/mol. The van der Waals surface area contributed by atoms with E-state index in [4.69, 9.17) is 18.5 Å². The number of ether oxygens (including phenoxy) is 2. The van der Waals surface area contributed by atoms with Gasteiger partial charge in [-0.2, -0.15) is 0 Å². The number of rotatable bonds is 35. The number of carbonyl (C=O) groups excluding carboxylic acids is 1. The fraction of sp³-hybridized carbons (Fsp3) is 0.750. The van der Waals surface area contributed by atoms with E-state index in [0.717, 1.165) is 103 Å². The number of phosphoric acid groups is 1. The number of phosphoric ester groups is 1. The van der Waals surface area contributed by atoms with Gasteiger partial charge in [0.25, 0.3) is 0 Å². The molecule has 1 saturated carbocycles. The number of allylic oxidation sites excluding steroid dienone is 10. The molecule has 0 heterocycles. The third kappa shape index (κ3) is 27.4. The van der Waals surface area contributed by atoms with E-state index in [1.807, 2.05) is 0 Å². The summed E-state index contributed by atoms with van der Waals surface area (Å²) < 4.78 is 34.0. The summed E-state index contributed by atoms with van der Waals surface area (Å²) in [6, 6.07) is 0. The monoisotopic (exact) mass is 829 g/mol. The van der Waals surface area contributed by atoms with Crippen LogP contribution in [0.3, 0.4) is 0 Å². The molecule has 1 fully saturated rings. The van der Waals surface area contributed by atoms with Gasteiger partial charge < -0.3 is 39.9 Å². The Bertz CT molecular complexity index is 1170. The molecule has 1 aliphatic carbocycles. The van der Waals surface area contributed by atoms with E-state index in [2.05, 4.69) is 74.6 Å². The van der Waals surface area contributed by atoms with Crippen LogP contribution in [0.25, 0.3) is 0 Å². The molecule has 1 aliphatic rings. The lowest BCUT2D eigenvalue weighted by Gasteiger charge is -2.41. The lowest BCUT2D eigenvalue weighted by Crippen LogP contribution is -2.64. The molecule has 1 rings (SSSR count). The predicted molar refractivity (Wildman–Crippen MR) is 225 cm³/mol. The third-order valence-electron chi connectivity index (χ3n) is 9.61. The average Bonchev–Trinajstić information content (AvgIpc) is 3.19. The highest BCUT2D eigenvalue weighted by molar-refractivity contribution is 7.47. The van der Waals surface area contributed by atoms with Crippen LogP contribution in [-0.4, -0.2) is 98.9 Å². The van der Waals surface area contributed by atoms with Crippen LogP contribution >= 0.6 is 7.82 Å². The number of hydrogen-bond donors (Lipinski definition) is 6. The van der Waals surface area contributed by atoms with Crippen molar-refractivity contribution < 1.29 is 58.3 Å². The normalized spacial score (nSPS) is 23.4. The van der Waals surface area contributed by atoms with E-state index in [1.165, 1.54) is 19.3 Å². The van der Waals surface area contributed by atoms with E-state index in [1.54, 1.807) is 0 Å². The molecule has 57 heavy (non-hydrogen) atoms.